The zero-order chi connectivity index (χ0) is 17.0. The molecule has 0 spiro atoms. The highest BCUT2D eigenvalue weighted by Crippen LogP contribution is 2.24. The summed E-state index contributed by atoms with van der Waals surface area (Å²) in [4.78, 5) is 11.5. The zero-order valence-electron chi connectivity index (χ0n) is 13.6. The van der Waals surface area contributed by atoms with Crippen LogP contribution in [0.15, 0.2) is 34.9 Å². The maximum Gasteiger partial charge on any atom is 0.407 e. The number of carbonyl (C=O) groups excluding carboxylic acids is 1. The minimum atomic E-state index is -1.03. The SMILES string of the molecule is CC(C)(C)OC(=O)NCCC(O)C(O)c1ccc2occc2c1. The molecule has 0 saturated carbocycles. The van der Waals surface area contributed by atoms with Crippen molar-refractivity contribution in [3.63, 3.8) is 0 Å². The maximum atomic E-state index is 11.5. The van der Waals surface area contributed by atoms with Crippen LogP contribution >= 0.6 is 0 Å². The number of aliphatic hydroxyl groups excluding tert-OH is 2. The summed E-state index contributed by atoms with van der Waals surface area (Å²) < 4.78 is 10.3. The van der Waals surface area contributed by atoms with E-state index in [2.05, 4.69) is 5.32 Å². The molecular formula is C17H23NO5. The van der Waals surface area contributed by atoms with Crippen molar-refractivity contribution >= 4 is 17.1 Å². The van der Waals surface area contributed by atoms with E-state index in [1.54, 1.807) is 51.3 Å². The smallest absolute Gasteiger partial charge is 0.407 e. The molecule has 3 N–H and O–H groups in total. The molecular weight excluding hydrogens is 298 g/mol. The average Bonchev–Trinajstić information content (AvgIpc) is 2.91. The predicted molar refractivity (Wildman–Crippen MR) is 86.0 cm³/mol. The van der Waals surface area contributed by atoms with Crippen molar-refractivity contribution in [2.45, 2.75) is 45.0 Å². The van der Waals surface area contributed by atoms with Gasteiger partial charge < -0.3 is 24.7 Å². The van der Waals surface area contributed by atoms with E-state index < -0.39 is 23.9 Å². The molecule has 1 aromatic carbocycles. The normalized spacial score (nSPS) is 14.5. The van der Waals surface area contributed by atoms with Gasteiger partial charge in [0.15, 0.2) is 0 Å². The van der Waals surface area contributed by atoms with Crippen molar-refractivity contribution in [1.82, 2.24) is 5.32 Å². The number of alkyl carbamates (subject to hydrolysis) is 1. The fourth-order valence-electron chi connectivity index (χ4n) is 2.19. The third kappa shape index (κ3) is 4.97. The van der Waals surface area contributed by atoms with E-state index >= 15 is 0 Å². The van der Waals surface area contributed by atoms with E-state index in [-0.39, 0.29) is 13.0 Å². The molecule has 6 heteroatoms. The molecule has 2 unspecified atom stereocenters. The van der Waals surface area contributed by atoms with Crippen molar-refractivity contribution in [2.24, 2.45) is 0 Å². The van der Waals surface area contributed by atoms with Gasteiger partial charge in [0, 0.05) is 11.9 Å². The van der Waals surface area contributed by atoms with E-state index in [9.17, 15) is 15.0 Å². The fourth-order valence-corrected chi connectivity index (χ4v) is 2.19. The van der Waals surface area contributed by atoms with Crippen LogP contribution in [0.2, 0.25) is 0 Å². The minimum Gasteiger partial charge on any atom is -0.464 e. The number of nitrogens with one attached hydrogen (secondary N) is 1. The number of benzene rings is 1. The molecule has 0 radical (unpaired) electrons. The lowest BCUT2D eigenvalue weighted by Gasteiger charge is -2.21. The summed E-state index contributed by atoms with van der Waals surface area (Å²) in [5.74, 6) is 0. The number of hydrogen-bond donors (Lipinski definition) is 3. The molecule has 0 saturated heterocycles. The van der Waals surface area contributed by atoms with Crippen LogP contribution in [-0.4, -0.2) is 34.6 Å². The van der Waals surface area contributed by atoms with Crippen LogP contribution in [0.5, 0.6) is 0 Å². The van der Waals surface area contributed by atoms with Crippen molar-refractivity contribution in [1.29, 1.82) is 0 Å². The average molecular weight is 321 g/mol. The first-order chi connectivity index (χ1) is 10.8. The third-order valence-electron chi connectivity index (χ3n) is 3.29. The Hall–Kier alpha value is -2.05. The zero-order valence-corrected chi connectivity index (χ0v) is 13.6. The van der Waals surface area contributed by atoms with Gasteiger partial charge in [0.1, 0.15) is 17.3 Å². The van der Waals surface area contributed by atoms with E-state index in [1.807, 2.05) is 0 Å². The molecule has 0 bridgehead atoms. The third-order valence-corrected chi connectivity index (χ3v) is 3.29. The molecule has 0 aliphatic carbocycles. The van der Waals surface area contributed by atoms with Gasteiger partial charge in [0.2, 0.25) is 0 Å². The van der Waals surface area contributed by atoms with Gasteiger partial charge in [-0.3, -0.25) is 0 Å². The molecule has 2 atom stereocenters. The summed E-state index contributed by atoms with van der Waals surface area (Å²) in [6, 6.07) is 7.02. The molecule has 1 heterocycles. The summed E-state index contributed by atoms with van der Waals surface area (Å²) in [7, 11) is 0. The Labute approximate surface area is 135 Å². The Kier molecular flexibility index (Phi) is 5.28. The highest BCUT2D eigenvalue weighted by atomic mass is 16.6. The highest BCUT2D eigenvalue weighted by Gasteiger charge is 2.20. The second kappa shape index (κ2) is 7.02. The van der Waals surface area contributed by atoms with Crippen molar-refractivity contribution in [3.8, 4) is 0 Å². The van der Waals surface area contributed by atoms with Crippen LogP contribution in [0.25, 0.3) is 11.0 Å². The van der Waals surface area contributed by atoms with Crippen LogP contribution in [0, 0.1) is 0 Å². The maximum absolute atomic E-state index is 11.5. The van der Waals surface area contributed by atoms with Gasteiger partial charge in [0.05, 0.1) is 12.4 Å². The van der Waals surface area contributed by atoms with Crippen LogP contribution in [0.4, 0.5) is 4.79 Å². The van der Waals surface area contributed by atoms with Gasteiger partial charge in [-0.05, 0) is 51.0 Å². The number of furan rings is 1. The van der Waals surface area contributed by atoms with Crippen LogP contribution in [0.3, 0.4) is 0 Å². The molecule has 0 aliphatic heterocycles. The highest BCUT2D eigenvalue weighted by molar-refractivity contribution is 5.77. The molecule has 1 aromatic heterocycles. The monoisotopic (exact) mass is 321 g/mol. The number of ether oxygens (including phenoxy) is 1. The quantitative estimate of drug-likeness (QED) is 0.787. The minimum absolute atomic E-state index is 0.209. The first kappa shape index (κ1) is 17.3. The van der Waals surface area contributed by atoms with Crippen LogP contribution in [0.1, 0.15) is 38.9 Å². The second-order valence-corrected chi connectivity index (χ2v) is 6.45. The Morgan fingerprint density at radius 1 is 1.30 bits per heavy atom. The first-order valence-corrected chi connectivity index (χ1v) is 7.56. The topological polar surface area (TPSA) is 91.9 Å². The van der Waals surface area contributed by atoms with E-state index in [4.69, 9.17) is 9.15 Å². The number of rotatable bonds is 5. The van der Waals surface area contributed by atoms with Gasteiger partial charge in [-0.2, -0.15) is 0 Å². The lowest BCUT2D eigenvalue weighted by Crippen LogP contribution is -2.34. The van der Waals surface area contributed by atoms with E-state index in [0.717, 1.165) is 11.0 Å². The first-order valence-electron chi connectivity index (χ1n) is 7.56. The molecule has 0 fully saturated rings. The number of amides is 1. The molecule has 23 heavy (non-hydrogen) atoms. The summed E-state index contributed by atoms with van der Waals surface area (Å²) >= 11 is 0. The Bertz CT molecular complexity index is 658. The lowest BCUT2D eigenvalue weighted by atomic mass is 10.0. The van der Waals surface area contributed by atoms with Gasteiger partial charge in [-0.1, -0.05) is 6.07 Å². The predicted octanol–water partition coefficient (Wildman–Crippen LogP) is 2.74. The Balaban J connectivity index is 1.85. The molecule has 2 aromatic rings. The van der Waals surface area contributed by atoms with Crippen molar-refractivity contribution in [2.75, 3.05) is 6.54 Å². The second-order valence-electron chi connectivity index (χ2n) is 6.45. The number of hydrogen-bond acceptors (Lipinski definition) is 5. The van der Waals surface area contributed by atoms with Gasteiger partial charge in [-0.15, -0.1) is 0 Å². The lowest BCUT2D eigenvalue weighted by molar-refractivity contribution is 0.0124. The Morgan fingerprint density at radius 3 is 2.74 bits per heavy atom. The summed E-state index contributed by atoms with van der Waals surface area (Å²) in [6.07, 6.45) is -0.783. The molecule has 126 valence electrons. The molecule has 6 nitrogen and oxygen atoms in total. The molecule has 1 amide bonds. The largest absolute Gasteiger partial charge is 0.464 e. The van der Waals surface area contributed by atoms with E-state index in [1.165, 1.54) is 0 Å². The van der Waals surface area contributed by atoms with Crippen LogP contribution < -0.4 is 5.32 Å². The van der Waals surface area contributed by atoms with Gasteiger partial charge >= 0.3 is 6.09 Å². The summed E-state index contributed by atoms with van der Waals surface area (Å²) in [6.45, 7) is 5.53. The summed E-state index contributed by atoms with van der Waals surface area (Å²) in [5.41, 5.74) is 0.757. The molecule has 2 rings (SSSR count). The number of carbonyl (C=O) groups is 1. The fraction of sp³-hybridized carbons (Fsp3) is 0.471. The number of aliphatic hydroxyl groups is 2. The van der Waals surface area contributed by atoms with Gasteiger partial charge in [-0.25, -0.2) is 4.79 Å². The van der Waals surface area contributed by atoms with Crippen LogP contribution in [-0.2, 0) is 4.74 Å². The van der Waals surface area contributed by atoms with Crippen molar-refractivity contribution in [3.05, 3.63) is 36.1 Å². The summed E-state index contributed by atoms with van der Waals surface area (Å²) in [5, 5.41) is 23.7. The van der Waals surface area contributed by atoms with E-state index in [0.29, 0.717) is 5.56 Å². The Morgan fingerprint density at radius 2 is 2.04 bits per heavy atom. The van der Waals surface area contributed by atoms with Crippen molar-refractivity contribution < 1.29 is 24.2 Å². The molecule has 0 aliphatic rings. The standard InChI is InChI=1S/C17H23NO5/c1-17(2,3)23-16(21)18-8-6-13(19)15(20)12-4-5-14-11(10-12)7-9-22-14/h4-5,7,9-10,13,15,19-20H,6,8H2,1-3H3,(H,18,21). The number of fused-ring (bicyclic) bond motifs is 1. The van der Waals surface area contributed by atoms with Gasteiger partial charge in [0.25, 0.3) is 0 Å².